The lowest BCUT2D eigenvalue weighted by Crippen LogP contribution is -2.55. The maximum absolute atomic E-state index is 13.1. The van der Waals surface area contributed by atoms with Crippen molar-refractivity contribution in [3.05, 3.63) is 51.7 Å². The van der Waals surface area contributed by atoms with Gasteiger partial charge in [0.05, 0.1) is 10.9 Å². The van der Waals surface area contributed by atoms with E-state index < -0.39 is 10.0 Å². The Hall–Kier alpha value is -1.74. The van der Waals surface area contributed by atoms with Crippen LogP contribution in [0.1, 0.15) is 29.3 Å². The van der Waals surface area contributed by atoms with Crippen molar-refractivity contribution in [1.29, 1.82) is 0 Å². The third-order valence-corrected chi connectivity index (χ3v) is 8.99. The number of hydrogen-bond acceptors (Lipinski definition) is 5. The van der Waals surface area contributed by atoms with E-state index in [1.165, 1.54) is 16.0 Å². The van der Waals surface area contributed by atoms with Gasteiger partial charge in [-0.3, -0.25) is 9.69 Å². The van der Waals surface area contributed by atoms with Gasteiger partial charge >= 0.3 is 0 Å². The predicted molar refractivity (Wildman–Crippen MR) is 119 cm³/mol. The highest BCUT2D eigenvalue weighted by Crippen LogP contribution is 2.27. The monoisotopic (exact) mass is 447 g/mol. The number of carbonyl (C=O) groups is 1. The summed E-state index contributed by atoms with van der Waals surface area (Å²) in [5.41, 5.74) is 2.44. The summed E-state index contributed by atoms with van der Waals surface area (Å²) in [6.07, 6.45) is 3.95. The number of rotatable bonds is 7. The lowest BCUT2D eigenvalue weighted by Gasteiger charge is -2.36. The fourth-order valence-corrected chi connectivity index (χ4v) is 6.45. The summed E-state index contributed by atoms with van der Waals surface area (Å²) >= 11 is 1.69. The van der Waals surface area contributed by atoms with Gasteiger partial charge in [-0.05, 0) is 67.3 Å². The molecular weight excluding hydrogens is 418 g/mol. The minimum absolute atomic E-state index is 0.00138. The minimum atomic E-state index is -3.49. The van der Waals surface area contributed by atoms with E-state index in [0.29, 0.717) is 37.6 Å². The quantitative estimate of drug-likeness (QED) is 0.707. The maximum Gasteiger partial charge on any atom is 0.243 e. The van der Waals surface area contributed by atoms with E-state index in [0.717, 1.165) is 25.7 Å². The molecule has 0 radical (unpaired) electrons. The van der Waals surface area contributed by atoms with E-state index >= 15 is 0 Å². The summed E-state index contributed by atoms with van der Waals surface area (Å²) in [7, 11) is -3.49. The lowest BCUT2D eigenvalue weighted by atomic mass is 10.1. The molecule has 4 rings (SSSR count). The number of benzene rings is 1. The highest BCUT2D eigenvalue weighted by molar-refractivity contribution is 7.89. The first-order valence-electron chi connectivity index (χ1n) is 10.6. The van der Waals surface area contributed by atoms with Crippen molar-refractivity contribution in [2.45, 2.75) is 43.5 Å². The van der Waals surface area contributed by atoms with Crippen LogP contribution in [0.3, 0.4) is 0 Å². The number of thiophene rings is 1. The zero-order valence-corrected chi connectivity index (χ0v) is 19.0. The van der Waals surface area contributed by atoms with Crippen LogP contribution >= 0.6 is 11.3 Å². The number of nitrogens with one attached hydrogen (secondary N) is 1. The number of aryl methyl sites for hydroxylation is 2. The molecular formula is C22H29N3O3S2. The first-order valence-corrected chi connectivity index (χ1v) is 12.9. The number of piperazine rings is 1. The molecule has 8 heteroatoms. The molecule has 1 saturated heterocycles. The molecule has 1 N–H and O–H groups in total. The Morgan fingerprint density at radius 3 is 2.63 bits per heavy atom. The largest absolute Gasteiger partial charge is 0.354 e. The molecule has 2 aliphatic rings. The van der Waals surface area contributed by atoms with Gasteiger partial charge in [0.15, 0.2) is 0 Å². The van der Waals surface area contributed by atoms with Gasteiger partial charge in [0, 0.05) is 37.6 Å². The van der Waals surface area contributed by atoms with Crippen LogP contribution in [0.25, 0.3) is 0 Å². The summed E-state index contributed by atoms with van der Waals surface area (Å²) in [6.45, 7) is 4.45. The molecule has 1 aromatic heterocycles. The Morgan fingerprint density at radius 2 is 1.90 bits per heavy atom. The van der Waals surface area contributed by atoms with Crippen LogP contribution in [0.5, 0.6) is 0 Å². The smallest absolute Gasteiger partial charge is 0.243 e. The van der Waals surface area contributed by atoms with Crippen molar-refractivity contribution in [1.82, 2.24) is 14.5 Å². The molecule has 6 nitrogen and oxygen atoms in total. The second-order valence-corrected chi connectivity index (χ2v) is 11.0. The van der Waals surface area contributed by atoms with Gasteiger partial charge in [-0.1, -0.05) is 12.1 Å². The van der Waals surface area contributed by atoms with Crippen LogP contribution in [0, 0.1) is 0 Å². The van der Waals surface area contributed by atoms with Crippen LogP contribution in [0.4, 0.5) is 0 Å². The number of amides is 1. The molecule has 0 bridgehead atoms. The van der Waals surface area contributed by atoms with Crippen molar-refractivity contribution in [3.63, 3.8) is 0 Å². The first kappa shape index (κ1) is 21.5. The molecule has 30 heavy (non-hydrogen) atoms. The highest BCUT2D eigenvalue weighted by atomic mass is 32.2. The predicted octanol–water partition coefficient (Wildman–Crippen LogP) is 2.29. The molecule has 0 saturated carbocycles. The van der Waals surface area contributed by atoms with Crippen LogP contribution in [-0.2, 0) is 34.1 Å². The Kier molecular flexibility index (Phi) is 6.57. The van der Waals surface area contributed by atoms with Crippen LogP contribution in [0.15, 0.2) is 40.6 Å². The molecule has 162 valence electrons. The zero-order valence-electron chi connectivity index (χ0n) is 17.3. The Bertz CT molecular complexity index is 981. The topological polar surface area (TPSA) is 69.7 Å². The lowest BCUT2D eigenvalue weighted by molar-refractivity contribution is -0.126. The van der Waals surface area contributed by atoms with E-state index in [1.807, 2.05) is 30.5 Å². The fourth-order valence-electron chi connectivity index (χ4n) is 4.27. The Labute approximate surface area is 182 Å². The third kappa shape index (κ3) is 4.61. The Balaban J connectivity index is 1.30. The number of fused-ring (bicyclic) bond motifs is 1. The highest BCUT2D eigenvalue weighted by Gasteiger charge is 2.32. The summed E-state index contributed by atoms with van der Waals surface area (Å²) in [6, 6.07) is 9.39. The second-order valence-electron chi connectivity index (χ2n) is 8.02. The molecule has 1 aliphatic carbocycles. The third-order valence-electron chi connectivity index (χ3n) is 6.16. The van der Waals surface area contributed by atoms with Crippen LogP contribution < -0.4 is 5.32 Å². The number of nitrogens with zero attached hydrogens (tertiary/aromatic N) is 2. The molecule has 1 amide bonds. The summed E-state index contributed by atoms with van der Waals surface area (Å²) < 4.78 is 27.7. The number of sulfonamides is 1. The van der Waals surface area contributed by atoms with Gasteiger partial charge in [-0.15, -0.1) is 11.3 Å². The molecule has 0 spiro atoms. The van der Waals surface area contributed by atoms with Crippen LogP contribution in [0.2, 0.25) is 0 Å². The average molecular weight is 448 g/mol. The zero-order chi connectivity index (χ0) is 21.1. The van der Waals surface area contributed by atoms with Crippen molar-refractivity contribution >= 4 is 27.3 Å². The molecule has 1 aromatic carbocycles. The average Bonchev–Trinajstić information content (AvgIpc) is 3.44. The first-order chi connectivity index (χ1) is 14.4. The van der Waals surface area contributed by atoms with Crippen molar-refractivity contribution in [3.8, 4) is 0 Å². The summed E-state index contributed by atoms with van der Waals surface area (Å²) in [5.74, 6) is 0.00138. The molecule has 1 fully saturated rings. The van der Waals surface area contributed by atoms with E-state index in [9.17, 15) is 13.2 Å². The fraction of sp³-hybridized carbons (Fsp3) is 0.500. The van der Waals surface area contributed by atoms with Crippen molar-refractivity contribution in [2.24, 2.45) is 0 Å². The molecule has 2 heterocycles. The normalized spacial score (nSPS) is 18.8. The Morgan fingerprint density at radius 1 is 1.13 bits per heavy atom. The van der Waals surface area contributed by atoms with E-state index in [4.69, 9.17) is 0 Å². The molecule has 1 atom stereocenters. The van der Waals surface area contributed by atoms with E-state index in [-0.39, 0.29) is 11.9 Å². The minimum Gasteiger partial charge on any atom is -0.354 e. The summed E-state index contributed by atoms with van der Waals surface area (Å²) in [5, 5.41) is 5.04. The molecule has 2 aromatic rings. The van der Waals surface area contributed by atoms with Gasteiger partial charge in [0.1, 0.15) is 0 Å². The van der Waals surface area contributed by atoms with E-state index in [2.05, 4.69) is 16.3 Å². The molecule has 1 aliphatic heterocycles. The second kappa shape index (κ2) is 9.18. The van der Waals surface area contributed by atoms with Crippen LogP contribution in [-0.4, -0.2) is 62.3 Å². The van der Waals surface area contributed by atoms with Gasteiger partial charge in [0.25, 0.3) is 0 Å². The molecule has 1 unspecified atom stereocenters. The standard InChI is InChI=1S/C22H29N3O3S2/c1-17(22(26)23-10-9-20-6-3-15-29-20)24-11-13-25(14-12-24)30(27,28)21-8-7-18-4-2-5-19(18)16-21/h3,6-8,15-17H,2,4-5,9-14H2,1H3,(H,23,26). The van der Waals surface area contributed by atoms with E-state index in [1.54, 1.807) is 21.7 Å². The van der Waals surface area contributed by atoms with Crippen molar-refractivity contribution < 1.29 is 13.2 Å². The van der Waals surface area contributed by atoms with Gasteiger partial charge in [-0.2, -0.15) is 4.31 Å². The number of carbonyl (C=O) groups excluding carboxylic acids is 1. The SMILES string of the molecule is CC(C(=O)NCCc1cccs1)N1CCN(S(=O)(=O)c2ccc3c(c2)CCC3)CC1. The number of hydrogen-bond donors (Lipinski definition) is 1. The van der Waals surface area contributed by atoms with Gasteiger partial charge in [0.2, 0.25) is 15.9 Å². The maximum atomic E-state index is 13.1. The summed E-state index contributed by atoms with van der Waals surface area (Å²) in [4.78, 5) is 16.2. The van der Waals surface area contributed by atoms with Gasteiger partial charge in [-0.25, -0.2) is 8.42 Å². The van der Waals surface area contributed by atoms with Crippen molar-refractivity contribution in [2.75, 3.05) is 32.7 Å². The van der Waals surface area contributed by atoms with Gasteiger partial charge < -0.3 is 5.32 Å².